The summed E-state index contributed by atoms with van der Waals surface area (Å²) >= 11 is 0. The van der Waals surface area contributed by atoms with Crippen LogP contribution >= 0.6 is 0 Å². The third kappa shape index (κ3) is 1.49. The molecule has 1 unspecified atom stereocenters. The fraction of sp³-hybridized carbons (Fsp3) is 1.00. The van der Waals surface area contributed by atoms with Crippen LogP contribution in [0.1, 0.15) is 38.5 Å². The Hall–Kier alpha value is -0.110. The van der Waals surface area contributed by atoms with Gasteiger partial charge in [0.2, 0.25) is 0 Å². The lowest BCUT2D eigenvalue weighted by molar-refractivity contribution is 0.0545. The molecule has 1 atom stereocenters. The molecule has 1 N–H and O–H groups in total. The van der Waals surface area contributed by atoms with Crippen molar-refractivity contribution in [3.05, 3.63) is 0 Å². The summed E-state index contributed by atoms with van der Waals surface area (Å²) in [6, 6.07) is 0. The molecular weight excluding hydrogens is 153 g/mol. The van der Waals surface area contributed by atoms with E-state index >= 15 is 0 Å². The molecule has 1 aliphatic heterocycles. The summed E-state index contributed by atoms with van der Waals surface area (Å²) in [6.07, 6.45) is 6.56. The van der Waals surface area contributed by atoms with Crippen LogP contribution in [-0.4, -0.2) is 18.8 Å². The molecule has 1 saturated heterocycles. The highest BCUT2D eigenvalue weighted by molar-refractivity contribution is 4.93. The lowest BCUT2D eigenvalue weighted by Crippen LogP contribution is -2.46. The molecule has 1 saturated carbocycles. The van der Waals surface area contributed by atoms with Gasteiger partial charge in [-0.2, -0.15) is 0 Å². The van der Waals surface area contributed by atoms with Gasteiger partial charge in [-0.25, -0.2) is 4.39 Å². The van der Waals surface area contributed by atoms with Crippen molar-refractivity contribution in [3.63, 3.8) is 0 Å². The van der Waals surface area contributed by atoms with E-state index in [-0.39, 0.29) is 0 Å². The van der Waals surface area contributed by atoms with E-state index in [9.17, 15) is 4.39 Å². The van der Waals surface area contributed by atoms with E-state index in [1.807, 2.05) is 0 Å². The van der Waals surface area contributed by atoms with Gasteiger partial charge in [0.15, 0.2) is 0 Å². The Morgan fingerprint density at radius 3 is 2.50 bits per heavy atom. The van der Waals surface area contributed by atoms with Gasteiger partial charge in [-0.05, 0) is 38.1 Å². The van der Waals surface area contributed by atoms with Crippen molar-refractivity contribution in [2.24, 2.45) is 5.92 Å². The van der Waals surface area contributed by atoms with Gasteiger partial charge in [0.1, 0.15) is 5.67 Å². The predicted octanol–water partition coefficient (Wildman–Crippen LogP) is 2.27. The van der Waals surface area contributed by atoms with Gasteiger partial charge in [-0.15, -0.1) is 0 Å². The molecule has 12 heavy (non-hydrogen) atoms. The molecule has 1 aliphatic carbocycles. The van der Waals surface area contributed by atoms with Crippen LogP contribution < -0.4 is 5.32 Å². The monoisotopic (exact) mass is 171 g/mol. The van der Waals surface area contributed by atoms with Crippen LogP contribution in [0.15, 0.2) is 0 Å². The third-order valence-electron chi connectivity index (χ3n) is 3.45. The maximum absolute atomic E-state index is 14.2. The van der Waals surface area contributed by atoms with Crippen LogP contribution in [0.3, 0.4) is 0 Å². The Balaban J connectivity index is 1.97. The Labute approximate surface area is 73.7 Å². The SMILES string of the molecule is FC1(C2CCCC2)CCCNC1. The lowest BCUT2D eigenvalue weighted by Gasteiger charge is -2.35. The number of piperidine rings is 1. The van der Waals surface area contributed by atoms with Crippen molar-refractivity contribution in [2.75, 3.05) is 13.1 Å². The molecule has 2 heteroatoms. The molecule has 0 aromatic heterocycles. The van der Waals surface area contributed by atoms with Crippen LogP contribution in [0.4, 0.5) is 4.39 Å². The fourth-order valence-corrected chi connectivity index (χ4v) is 2.68. The molecule has 0 aromatic rings. The van der Waals surface area contributed by atoms with Crippen molar-refractivity contribution >= 4 is 0 Å². The average Bonchev–Trinajstić information content (AvgIpc) is 2.58. The Morgan fingerprint density at radius 2 is 1.92 bits per heavy atom. The van der Waals surface area contributed by atoms with Gasteiger partial charge in [0.05, 0.1) is 0 Å². The molecule has 0 spiro atoms. The molecule has 2 rings (SSSR count). The minimum absolute atomic E-state index is 0.366. The molecule has 2 fully saturated rings. The Morgan fingerprint density at radius 1 is 1.17 bits per heavy atom. The van der Waals surface area contributed by atoms with E-state index in [1.54, 1.807) is 0 Å². The summed E-state index contributed by atoms with van der Waals surface area (Å²) in [7, 11) is 0. The van der Waals surface area contributed by atoms with E-state index < -0.39 is 5.67 Å². The summed E-state index contributed by atoms with van der Waals surface area (Å²) in [5.41, 5.74) is -0.852. The fourth-order valence-electron chi connectivity index (χ4n) is 2.68. The number of hydrogen-bond acceptors (Lipinski definition) is 1. The first-order valence-electron chi connectivity index (χ1n) is 5.21. The van der Waals surface area contributed by atoms with Gasteiger partial charge in [-0.3, -0.25) is 0 Å². The van der Waals surface area contributed by atoms with Gasteiger partial charge in [0.25, 0.3) is 0 Å². The summed E-state index contributed by atoms with van der Waals surface area (Å²) in [6.45, 7) is 1.62. The highest BCUT2D eigenvalue weighted by Gasteiger charge is 2.40. The van der Waals surface area contributed by atoms with Crippen molar-refractivity contribution in [1.29, 1.82) is 0 Å². The van der Waals surface area contributed by atoms with Crippen molar-refractivity contribution in [3.8, 4) is 0 Å². The third-order valence-corrected chi connectivity index (χ3v) is 3.45. The van der Waals surface area contributed by atoms with Gasteiger partial charge >= 0.3 is 0 Å². The number of nitrogens with one attached hydrogen (secondary N) is 1. The van der Waals surface area contributed by atoms with E-state index in [2.05, 4.69) is 5.32 Å². The quantitative estimate of drug-likeness (QED) is 0.638. The molecule has 0 aromatic carbocycles. The number of hydrogen-bond donors (Lipinski definition) is 1. The van der Waals surface area contributed by atoms with Gasteiger partial charge in [0, 0.05) is 6.54 Å². The smallest absolute Gasteiger partial charge is 0.126 e. The first-order chi connectivity index (χ1) is 5.81. The molecule has 0 bridgehead atoms. The van der Waals surface area contributed by atoms with Crippen LogP contribution in [0.25, 0.3) is 0 Å². The number of halogens is 1. The second kappa shape index (κ2) is 3.33. The minimum atomic E-state index is -0.852. The van der Waals surface area contributed by atoms with Crippen LogP contribution in [0.5, 0.6) is 0 Å². The van der Waals surface area contributed by atoms with E-state index in [0.717, 1.165) is 32.2 Å². The topological polar surface area (TPSA) is 12.0 Å². The normalized spacial score (nSPS) is 38.8. The van der Waals surface area contributed by atoms with Crippen molar-refractivity contribution < 1.29 is 4.39 Å². The molecule has 1 nitrogen and oxygen atoms in total. The maximum atomic E-state index is 14.2. The first-order valence-corrected chi connectivity index (χ1v) is 5.21. The summed E-state index contributed by atoms with van der Waals surface area (Å²) in [5, 5.41) is 3.18. The molecule has 0 amide bonds. The van der Waals surface area contributed by atoms with E-state index in [0.29, 0.717) is 12.5 Å². The highest BCUT2D eigenvalue weighted by atomic mass is 19.1. The molecular formula is C10H18FN. The maximum Gasteiger partial charge on any atom is 0.126 e. The zero-order valence-electron chi connectivity index (χ0n) is 7.61. The van der Waals surface area contributed by atoms with Gasteiger partial charge < -0.3 is 5.32 Å². The number of rotatable bonds is 1. The van der Waals surface area contributed by atoms with Gasteiger partial charge in [-0.1, -0.05) is 12.8 Å². The second-order valence-electron chi connectivity index (χ2n) is 4.30. The first kappa shape index (κ1) is 8.49. The highest BCUT2D eigenvalue weighted by Crippen LogP contribution is 2.40. The molecule has 70 valence electrons. The zero-order valence-corrected chi connectivity index (χ0v) is 7.61. The lowest BCUT2D eigenvalue weighted by atomic mass is 9.82. The number of alkyl halides is 1. The van der Waals surface area contributed by atoms with E-state index in [4.69, 9.17) is 0 Å². The standard InChI is InChI=1S/C10H18FN/c11-10(6-3-7-12-8-10)9-4-1-2-5-9/h9,12H,1-8H2. The predicted molar refractivity (Wildman–Crippen MR) is 47.9 cm³/mol. The zero-order chi connectivity index (χ0) is 8.44. The molecule has 2 aliphatic rings. The second-order valence-corrected chi connectivity index (χ2v) is 4.30. The summed E-state index contributed by atoms with van der Waals surface area (Å²) < 4.78 is 14.2. The molecule has 0 radical (unpaired) electrons. The van der Waals surface area contributed by atoms with Crippen molar-refractivity contribution in [1.82, 2.24) is 5.32 Å². The summed E-state index contributed by atoms with van der Waals surface area (Å²) in [4.78, 5) is 0. The van der Waals surface area contributed by atoms with Crippen LogP contribution in [0.2, 0.25) is 0 Å². The van der Waals surface area contributed by atoms with Crippen LogP contribution in [0, 0.1) is 5.92 Å². The van der Waals surface area contributed by atoms with Crippen molar-refractivity contribution in [2.45, 2.75) is 44.2 Å². The minimum Gasteiger partial charge on any atom is -0.314 e. The molecule has 1 heterocycles. The Bertz CT molecular complexity index is 146. The Kier molecular flexibility index (Phi) is 2.35. The van der Waals surface area contributed by atoms with E-state index in [1.165, 1.54) is 12.8 Å². The largest absolute Gasteiger partial charge is 0.314 e. The van der Waals surface area contributed by atoms with Crippen LogP contribution in [-0.2, 0) is 0 Å². The summed E-state index contributed by atoms with van der Waals surface area (Å²) in [5.74, 6) is 0.366. The average molecular weight is 171 g/mol.